The molecular formula is C18H13Cl4F3N2O. The van der Waals surface area contributed by atoms with Crippen molar-refractivity contribution >= 4 is 52.1 Å². The second-order valence-electron chi connectivity index (χ2n) is 6.22. The molecule has 0 saturated heterocycles. The summed E-state index contributed by atoms with van der Waals surface area (Å²) in [6, 6.07) is 7.11. The van der Waals surface area contributed by atoms with Crippen LogP contribution in [0.3, 0.4) is 0 Å². The average molecular weight is 472 g/mol. The Labute approximate surface area is 179 Å². The van der Waals surface area contributed by atoms with Gasteiger partial charge in [-0.2, -0.15) is 13.2 Å². The minimum atomic E-state index is -4.78. The molecule has 10 heteroatoms. The molecule has 1 N–H and O–H groups in total. The zero-order chi connectivity index (χ0) is 20.7. The molecule has 2 aromatic carbocycles. The molecule has 0 spiro atoms. The molecule has 150 valence electrons. The first-order valence-electron chi connectivity index (χ1n) is 7.99. The normalized spacial score (nSPS) is 19.5. The molecule has 0 aromatic heterocycles. The Hall–Kier alpha value is -1.18. The van der Waals surface area contributed by atoms with Crippen molar-refractivity contribution in [2.75, 3.05) is 7.05 Å². The Morgan fingerprint density at radius 2 is 1.71 bits per heavy atom. The first-order chi connectivity index (χ1) is 13.1. The van der Waals surface area contributed by atoms with Crippen molar-refractivity contribution < 1.29 is 18.0 Å². The molecule has 0 fully saturated rings. The lowest BCUT2D eigenvalue weighted by atomic mass is 9.86. The van der Waals surface area contributed by atoms with Crippen LogP contribution in [0.5, 0.6) is 0 Å². The molecule has 3 rings (SSSR count). The zero-order valence-corrected chi connectivity index (χ0v) is 17.3. The fourth-order valence-electron chi connectivity index (χ4n) is 2.91. The fourth-order valence-corrected chi connectivity index (χ4v) is 3.75. The minimum Gasteiger partial charge on any atom is -0.374 e. The maximum absolute atomic E-state index is 14.0. The van der Waals surface area contributed by atoms with E-state index in [2.05, 4.69) is 10.5 Å². The number of hydrogen-bond donors (Lipinski definition) is 1. The van der Waals surface area contributed by atoms with Gasteiger partial charge in [0.1, 0.15) is 0 Å². The lowest BCUT2D eigenvalue weighted by molar-refractivity contribution is -0.275. The van der Waals surface area contributed by atoms with E-state index in [0.29, 0.717) is 17.1 Å². The number of alkyl halides is 3. The van der Waals surface area contributed by atoms with Crippen molar-refractivity contribution in [2.45, 2.75) is 24.7 Å². The Kier molecular flexibility index (Phi) is 6.09. The van der Waals surface area contributed by atoms with Crippen molar-refractivity contribution in [3.8, 4) is 0 Å². The van der Waals surface area contributed by atoms with Crippen molar-refractivity contribution in [3.05, 3.63) is 67.1 Å². The predicted molar refractivity (Wildman–Crippen MR) is 106 cm³/mol. The lowest BCUT2D eigenvalue weighted by Gasteiger charge is -2.30. The number of hydrogen-bond acceptors (Lipinski definition) is 3. The van der Waals surface area contributed by atoms with Gasteiger partial charge in [-0.15, -0.1) is 0 Å². The molecule has 0 saturated carbocycles. The third-order valence-electron chi connectivity index (χ3n) is 4.39. The highest BCUT2D eigenvalue weighted by Crippen LogP contribution is 2.50. The summed E-state index contributed by atoms with van der Waals surface area (Å²) in [6.45, 7) is 0.524. The van der Waals surface area contributed by atoms with Crippen molar-refractivity contribution in [1.29, 1.82) is 0 Å². The topological polar surface area (TPSA) is 33.6 Å². The van der Waals surface area contributed by atoms with E-state index in [9.17, 15) is 13.2 Å². The molecule has 2 aromatic rings. The molecule has 1 heterocycles. The molecule has 1 unspecified atom stereocenters. The maximum atomic E-state index is 14.0. The van der Waals surface area contributed by atoms with Gasteiger partial charge in [-0.05, 0) is 30.8 Å². The van der Waals surface area contributed by atoms with Gasteiger partial charge in [0, 0.05) is 29.1 Å². The van der Waals surface area contributed by atoms with Crippen molar-refractivity contribution in [3.63, 3.8) is 0 Å². The molecule has 1 aliphatic heterocycles. The van der Waals surface area contributed by atoms with E-state index in [0.717, 1.165) is 17.7 Å². The van der Waals surface area contributed by atoms with Crippen LogP contribution in [-0.4, -0.2) is 18.9 Å². The van der Waals surface area contributed by atoms with Crippen LogP contribution in [-0.2, 0) is 17.0 Å². The largest absolute Gasteiger partial charge is 0.435 e. The Balaban J connectivity index is 2.01. The highest BCUT2D eigenvalue weighted by atomic mass is 35.5. The van der Waals surface area contributed by atoms with E-state index < -0.39 is 18.2 Å². The number of oxime groups is 1. The van der Waals surface area contributed by atoms with Crippen LogP contribution in [0.15, 0.2) is 35.5 Å². The van der Waals surface area contributed by atoms with E-state index in [1.807, 2.05) is 0 Å². The predicted octanol–water partition coefficient (Wildman–Crippen LogP) is 6.60. The summed E-state index contributed by atoms with van der Waals surface area (Å²) in [5.41, 5.74) is -1.66. The summed E-state index contributed by atoms with van der Waals surface area (Å²) in [7, 11) is 1.76. The third-order valence-corrected chi connectivity index (χ3v) is 5.94. The van der Waals surface area contributed by atoms with E-state index in [-0.39, 0.29) is 26.3 Å². The van der Waals surface area contributed by atoms with Gasteiger partial charge in [0.15, 0.2) is 0 Å². The van der Waals surface area contributed by atoms with E-state index in [1.165, 1.54) is 0 Å². The standard InChI is InChI=1S/C18H13Cl4F3N2O/c1-26-8-10-3-2-9(4-12(10)19)15-7-17(28-27-15,18(23,24)25)11-5-13(20)16(22)14(21)6-11/h2-6,26H,7-8H2,1H3. The molecule has 3 nitrogen and oxygen atoms in total. The van der Waals surface area contributed by atoms with Gasteiger partial charge >= 0.3 is 6.18 Å². The molecule has 0 bridgehead atoms. The van der Waals surface area contributed by atoms with Crippen LogP contribution in [0.1, 0.15) is 23.1 Å². The van der Waals surface area contributed by atoms with Gasteiger partial charge in [-0.3, -0.25) is 0 Å². The monoisotopic (exact) mass is 470 g/mol. The quantitative estimate of drug-likeness (QED) is 0.509. The molecule has 0 amide bonds. The van der Waals surface area contributed by atoms with Crippen molar-refractivity contribution in [2.24, 2.45) is 5.16 Å². The summed E-state index contributed by atoms with van der Waals surface area (Å²) in [5, 5.41) is 6.83. The van der Waals surface area contributed by atoms with Gasteiger partial charge < -0.3 is 10.2 Å². The highest BCUT2D eigenvalue weighted by Gasteiger charge is 2.62. The fraction of sp³-hybridized carbons (Fsp3) is 0.278. The molecule has 1 atom stereocenters. The average Bonchev–Trinajstić information content (AvgIpc) is 3.08. The van der Waals surface area contributed by atoms with Gasteiger partial charge in [0.05, 0.1) is 20.8 Å². The smallest absolute Gasteiger partial charge is 0.374 e. The van der Waals surface area contributed by atoms with Crippen LogP contribution in [0, 0.1) is 0 Å². The van der Waals surface area contributed by atoms with Crippen LogP contribution in [0.2, 0.25) is 20.1 Å². The van der Waals surface area contributed by atoms with Crippen LogP contribution in [0.4, 0.5) is 13.2 Å². The summed E-state index contributed by atoms with van der Waals surface area (Å²) in [6.07, 6.45) is -5.35. The first kappa shape index (κ1) is 21.5. The second kappa shape index (κ2) is 7.92. The van der Waals surface area contributed by atoms with Gasteiger partial charge in [-0.1, -0.05) is 63.7 Å². The zero-order valence-electron chi connectivity index (χ0n) is 14.3. The van der Waals surface area contributed by atoms with E-state index >= 15 is 0 Å². The Morgan fingerprint density at radius 1 is 1.07 bits per heavy atom. The van der Waals surface area contributed by atoms with E-state index in [1.54, 1.807) is 25.2 Å². The molecule has 28 heavy (non-hydrogen) atoms. The van der Waals surface area contributed by atoms with Crippen LogP contribution < -0.4 is 5.32 Å². The number of rotatable bonds is 4. The number of benzene rings is 2. The van der Waals surface area contributed by atoms with Crippen LogP contribution in [0.25, 0.3) is 0 Å². The van der Waals surface area contributed by atoms with Gasteiger partial charge in [0.25, 0.3) is 5.60 Å². The molecule has 1 aliphatic rings. The summed E-state index contributed by atoms with van der Waals surface area (Å²) >= 11 is 23.9. The lowest BCUT2D eigenvalue weighted by Crippen LogP contribution is -2.42. The summed E-state index contributed by atoms with van der Waals surface area (Å²) in [4.78, 5) is 4.97. The SMILES string of the molecule is CNCc1ccc(C2=NOC(c3cc(Cl)c(Cl)c(Cl)c3)(C(F)(F)F)C2)cc1Cl. The van der Waals surface area contributed by atoms with E-state index in [4.69, 9.17) is 51.2 Å². The molecule has 0 aliphatic carbocycles. The Morgan fingerprint density at radius 3 is 2.25 bits per heavy atom. The number of nitrogens with one attached hydrogen (secondary N) is 1. The maximum Gasteiger partial charge on any atom is 0.435 e. The van der Waals surface area contributed by atoms with Crippen LogP contribution >= 0.6 is 46.4 Å². The Bertz CT molecular complexity index is 926. The highest BCUT2D eigenvalue weighted by molar-refractivity contribution is 6.48. The summed E-state index contributed by atoms with van der Waals surface area (Å²) < 4.78 is 42.1. The van der Waals surface area contributed by atoms with Gasteiger partial charge in [0.2, 0.25) is 0 Å². The van der Waals surface area contributed by atoms with Crippen molar-refractivity contribution in [1.82, 2.24) is 5.32 Å². The summed E-state index contributed by atoms with van der Waals surface area (Å²) in [5.74, 6) is 0. The molecule has 0 radical (unpaired) electrons. The first-order valence-corrected chi connectivity index (χ1v) is 9.50. The van der Waals surface area contributed by atoms with Gasteiger partial charge in [-0.25, -0.2) is 0 Å². The number of halogens is 7. The second-order valence-corrected chi connectivity index (χ2v) is 7.82. The third kappa shape index (κ3) is 3.81. The minimum absolute atomic E-state index is 0.0320. The number of nitrogens with zero attached hydrogens (tertiary/aromatic N) is 1. The molecular weight excluding hydrogens is 459 g/mol.